The van der Waals surface area contributed by atoms with Crippen LogP contribution in [0.2, 0.25) is 15.2 Å². The smallest absolute Gasteiger partial charge is 0.275 e. The van der Waals surface area contributed by atoms with E-state index in [1.807, 2.05) is 0 Å². The van der Waals surface area contributed by atoms with Crippen molar-refractivity contribution in [2.45, 2.75) is 0 Å². The van der Waals surface area contributed by atoms with E-state index in [2.05, 4.69) is 10.3 Å². The summed E-state index contributed by atoms with van der Waals surface area (Å²) in [5.74, 6) is -0.462. The van der Waals surface area contributed by atoms with Crippen molar-refractivity contribution >= 4 is 46.4 Å². The first kappa shape index (κ1) is 13.1. The highest BCUT2D eigenvalue weighted by atomic mass is 35.5. The van der Waals surface area contributed by atoms with E-state index in [0.29, 0.717) is 10.7 Å². The van der Waals surface area contributed by atoms with E-state index in [1.165, 1.54) is 12.1 Å². The fourth-order valence-electron chi connectivity index (χ4n) is 1.32. The van der Waals surface area contributed by atoms with E-state index < -0.39 is 5.91 Å². The van der Waals surface area contributed by atoms with Gasteiger partial charge in [0, 0.05) is 0 Å². The predicted octanol–water partition coefficient (Wildman–Crippen LogP) is 4.29. The Morgan fingerprint density at radius 1 is 1.00 bits per heavy atom. The van der Waals surface area contributed by atoms with Crippen molar-refractivity contribution < 1.29 is 4.79 Å². The summed E-state index contributed by atoms with van der Waals surface area (Å²) in [4.78, 5) is 15.8. The maximum atomic E-state index is 12.0. The van der Waals surface area contributed by atoms with E-state index in [4.69, 9.17) is 34.8 Å². The molecule has 0 bridgehead atoms. The van der Waals surface area contributed by atoms with Gasteiger partial charge in [-0.15, -0.1) is 0 Å². The van der Waals surface area contributed by atoms with Gasteiger partial charge in [0.05, 0.1) is 15.7 Å². The number of halogens is 3. The lowest BCUT2D eigenvalue weighted by molar-refractivity contribution is 0.102. The van der Waals surface area contributed by atoms with Gasteiger partial charge in [0.1, 0.15) is 10.8 Å². The average Bonchev–Trinajstić information content (AvgIpc) is 2.35. The second-order valence-corrected chi connectivity index (χ2v) is 4.60. The van der Waals surface area contributed by atoms with Gasteiger partial charge in [0.2, 0.25) is 0 Å². The van der Waals surface area contributed by atoms with Crippen molar-refractivity contribution in [1.29, 1.82) is 0 Å². The number of anilines is 1. The Kier molecular flexibility index (Phi) is 4.07. The van der Waals surface area contributed by atoms with Crippen LogP contribution in [0.25, 0.3) is 0 Å². The largest absolute Gasteiger partial charge is 0.319 e. The lowest BCUT2D eigenvalue weighted by Gasteiger charge is -2.07. The van der Waals surface area contributed by atoms with Gasteiger partial charge in [-0.05, 0) is 24.3 Å². The third kappa shape index (κ3) is 2.93. The maximum absolute atomic E-state index is 12.0. The average molecular weight is 302 g/mol. The SMILES string of the molecule is O=C(Nc1ccccc1Cl)c1nc(Cl)ccc1Cl. The van der Waals surface area contributed by atoms with Crippen molar-refractivity contribution in [2.75, 3.05) is 5.32 Å². The Hall–Kier alpha value is -1.29. The number of aromatic nitrogens is 1. The number of hydrogen-bond donors (Lipinski definition) is 1. The lowest BCUT2D eigenvalue weighted by atomic mass is 10.3. The zero-order valence-electron chi connectivity index (χ0n) is 8.95. The highest BCUT2D eigenvalue weighted by Crippen LogP contribution is 2.23. The predicted molar refractivity (Wildman–Crippen MR) is 73.7 cm³/mol. The molecular formula is C12H7Cl3N2O. The number of para-hydroxylation sites is 1. The van der Waals surface area contributed by atoms with E-state index in [9.17, 15) is 4.79 Å². The fraction of sp³-hybridized carbons (Fsp3) is 0. The van der Waals surface area contributed by atoms with E-state index in [-0.39, 0.29) is 15.9 Å². The topological polar surface area (TPSA) is 42.0 Å². The summed E-state index contributed by atoms with van der Waals surface area (Å²) in [5, 5.41) is 3.48. The number of carbonyl (C=O) groups is 1. The Bertz CT molecular complexity index is 602. The third-order valence-electron chi connectivity index (χ3n) is 2.15. The first-order valence-corrected chi connectivity index (χ1v) is 6.09. The fourth-order valence-corrected chi connectivity index (χ4v) is 1.84. The van der Waals surface area contributed by atoms with Gasteiger partial charge in [0.25, 0.3) is 5.91 Å². The van der Waals surface area contributed by atoms with Crippen molar-refractivity contribution in [3.8, 4) is 0 Å². The molecule has 0 unspecified atom stereocenters. The summed E-state index contributed by atoms with van der Waals surface area (Å²) in [6.07, 6.45) is 0. The molecule has 0 fully saturated rings. The third-order valence-corrected chi connectivity index (χ3v) is 2.99. The van der Waals surface area contributed by atoms with E-state index in [1.54, 1.807) is 24.3 Å². The van der Waals surface area contributed by atoms with Gasteiger partial charge in [0.15, 0.2) is 0 Å². The van der Waals surface area contributed by atoms with Gasteiger partial charge in [-0.25, -0.2) is 4.98 Å². The molecule has 0 radical (unpaired) electrons. The molecule has 1 N–H and O–H groups in total. The normalized spacial score (nSPS) is 10.2. The second-order valence-electron chi connectivity index (χ2n) is 3.40. The quantitative estimate of drug-likeness (QED) is 0.841. The molecule has 0 aliphatic carbocycles. The van der Waals surface area contributed by atoms with Gasteiger partial charge in [-0.2, -0.15) is 0 Å². The standard InChI is InChI=1S/C12H7Cl3N2O/c13-7-3-1-2-4-9(7)16-12(18)11-8(14)5-6-10(15)17-11/h1-6H,(H,16,18). The molecule has 0 aliphatic rings. The summed E-state index contributed by atoms with van der Waals surface area (Å²) in [5.41, 5.74) is 0.547. The van der Waals surface area contributed by atoms with Crippen molar-refractivity contribution in [1.82, 2.24) is 4.98 Å². The highest BCUT2D eigenvalue weighted by molar-refractivity contribution is 6.36. The van der Waals surface area contributed by atoms with Crippen LogP contribution in [-0.2, 0) is 0 Å². The maximum Gasteiger partial charge on any atom is 0.275 e. The molecular weight excluding hydrogens is 295 g/mol. The number of carbonyl (C=O) groups excluding carboxylic acids is 1. The van der Waals surface area contributed by atoms with E-state index in [0.717, 1.165) is 0 Å². The zero-order chi connectivity index (χ0) is 13.1. The molecule has 1 amide bonds. The molecule has 0 atom stereocenters. The van der Waals surface area contributed by atoms with Crippen molar-refractivity contribution in [3.05, 3.63) is 57.3 Å². The molecule has 3 nitrogen and oxygen atoms in total. The minimum atomic E-state index is -0.462. The molecule has 2 rings (SSSR count). The van der Waals surface area contributed by atoms with Gasteiger partial charge >= 0.3 is 0 Å². The van der Waals surface area contributed by atoms with Crippen LogP contribution in [0.3, 0.4) is 0 Å². The monoisotopic (exact) mass is 300 g/mol. The molecule has 2 aromatic rings. The number of pyridine rings is 1. The molecule has 1 heterocycles. The van der Waals surface area contributed by atoms with Crippen LogP contribution in [0.1, 0.15) is 10.5 Å². The number of rotatable bonds is 2. The molecule has 18 heavy (non-hydrogen) atoms. The highest BCUT2D eigenvalue weighted by Gasteiger charge is 2.14. The van der Waals surface area contributed by atoms with Gasteiger partial charge in [-0.1, -0.05) is 46.9 Å². The zero-order valence-corrected chi connectivity index (χ0v) is 11.2. The molecule has 0 spiro atoms. The van der Waals surface area contributed by atoms with Crippen LogP contribution in [0.4, 0.5) is 5.69 Å². The lowest BCUT2D eigenvalue weighted by Crippen LogP contribution is -2.14. The first-order chi connectivity index (χ1) is 8.58. The summed E-state index contributed by atoms with van der Waals surface area (Å²) < 4.78 is 0. The number of hydrogen-bond acceptors (Lipinski definition) is 2. The summed E-state index contributed by atoms with van der Waals surface area (Å²) >= 11 is 17.5. The van der Waals surface area contributed by atoms with Crippen molar-refractivity contribution in [2.24, 2.45) is 0 Å². The molecule has 6 heteroatoms. The second kappa shape index (κ2) is 5.57. The van der Waals surface area contributed by atoms with Gasteiger partial charge < -0.3 is 5.32 Å². The van der Waals surface area contributed by atoms with Crippen molar-refractivity contribution in [3.63, 3.8) is 0 Å². The molecule has 1 aromatic heterocycles. The molecule has 0 aliphatic heterocycles. The Morgan fingerprint density at radius 2 is 1.72 bits per heavy atom. The first-order valence-electron chi connectivity index (χ1n) is 4.96. The van der Waals surface area contributed by atoms with Crippen LogP contribution < -0.4 is 5.32 Å². The van der Waals surface area contributed by atoms with Crippen LogP contribution >= 0.6 is 34.8 Å². The number of nitrogens with one attached hydrogen (secondary N) is 1. The van der Waals surface area contributed by atoms with Crippen LogP contribution in [0.5, 0.6) is 0 Å². The molecule has 0 saturated heterocycles. The summed E-state index contributed by atoms with van der Waals surface area (Å²) in [6.45, 7) is 0. The number of benzene rings is 1. The molecule has 92 valence electrons. The van der Waals surface area contributed by atoms with Crippen LogP contribution in [0.15, 0.2) is 36.4 Å². The Labute approximate surface area is 119 Å². The molecule has 1 aromatic carbocycles. The number of amides is 1. The summed E-state index contributed by atoms with van der Waals surface area (Å²) in [7, 11) is 0. The minimum absolute atomic E-state index is 0.0593. The van der Waals surface area contributed by atoms with Crippen LogP contribution in [-0.4, -0.2) is 10.9 Å². The van der Waals surface area contributed by atoms with Gasteiger partial charge in [-0.3, -0.25) is 4.79 Å². The Balaban J connectivity index is 2.28. The molecule has 0 saturated carbocycles. The Morgan fingerprint density at radius 3 is 2.44 bits per heavy atom. The minimum Gasteiger partial charge on any atom is -0.319 e. The van der Waals surface area contributed by atoms with Crippen LogP contribution in [0, 0.1) is 0 Å². The summed E-state index contributed by atoms with van der Waals surface area (Å²) in [6, 6.07) is 9.90. The van der Waals surface area contributed by atoms with E-state index >= 15 is 0 Å². The number of nitrogens with zero attached hydrogens (tertiary/aromatic N) is 1.